The number of methoxy groups -OCH3 is 1. The zero-order valence-electron chi connectivity index (χ0n) is 11.8. The lowest BCUT2D eigenvalue weighted by Crippen LogP contribution is -2.27. The smallest absolute Gasteiger partial charge is 0.357 e. The first-order chi connectivity index (χ1) is 9.79. The number of aromatic nitrogens is 2. The Morgan fingerprint density at radius 3 is 2.60 bits per heavy atom. The second-order valence-electron chi connectivity index (χ2n) is 5.29. The molecule has 1 saturated heterocycles. The summed E-state index contributed by atoms with van der Waals surface area (Å²) < 4.78 is 4.85. The first-order valence-electron chi connectivity index (χ1n) is 7.23. The average Bonchev–Trinajstić information content (AvgIpc) is 2.78. The number of carbonyl (C=O) groups excluding carboxylic acids is 1. The van der Waals surface area contributed by atoms with Gasteiger partial charge in [-0.2, -0.15) is 0 Å². The maximum absolute atomic E-state index is 11.9. The molecule has 0 unspecified atom stereocenters. The minimum Gasteiger partial charge on any atom is -0.464 e. The molecule has 3 heterocycles. The van der Waals surface area contributed by atoms with Crippen LogP contribution in [0.3, 0.4) is 0 Å². The molecule has 0 saturated carbocycles. The van der Waals surface area contributed by atoms with Crippen LogP contribution in [0.2, 0.25) is 0 Å². The standard InChI is InChI=1S/C14H20N4O2/c1-20-13(19)12-10-8-15-9-11(10)16-14(17-12)18-6-4-2-3-5-7-18/h15H,2-9H2,1H3. The van der Waals surface area contributed by atoms with E-state index < -0.39 is 0 Å². The summed E-state index contributed by atoms with van der Waals surface area (Å²) >= 11 is 0. The van der Waals surface area contributed by atoms with Crippen LogP contribution in [0.4, 0.5) is 5.95 Å². The van der Waals surface area contributed by atoms with Gasteiger partial charge in [0, 0.05) is 31.7 Å². The molecule has 6 heteroatoms. The molecule has 6 nitrogen and oxygen atoms in total. The minimum atomic E-state index is -0.372. The largest absolute Gasteiger partial charge is 0.464 e. The number of nitrogens with zero attached hydrogens (tertiary/aromatic N) is 3. The van der Waals surface area contributed by atoms with E-state index in [2.05, 4.69) is 20.2 Å². The third-order valence-corrected chi connectivity index (χ3v) is 3.94. The Hall–Kier alpha value is -1.69. The number of hydrogen-bond donors (Lipinski definition) is 1. The van der Waals surface area contributed by atoms with E-state index in [0.29, 0.717) is 24.7 Å². The first-order valence-corrected chi connectivity index (χ1v) is 7.23. The van der Waals surface area contributed by atoms with Gasteiger partial charge in [0.15, 0.2) is 5.69 Å². The second kappa shape index (κ2) is 5.75. The Labute approximate surface area is 118 Å². The lowest BCUT2D eigenvalue weighted by atomic mass is 10.2. The summed E-state index contributed by atoms with van der Waals surface area (Å²) in [7, 11) is 1.39. The van der Waals surface area contributed by atoms with Gasteiger partial charge in [-0.1, -0.05) is 12.8 Å². The lowest BCUT2D eigenvalue weighted by molar-refractivity contribution is 0.0592. The fourth-order valence-electron chi connectivity index (χ4n) is 2.83. The van der Waals surface area contributed by atoms with E-state index in [1.807, 2.05) is 0 Å². The van der Waals surface area contributed by atoms with E-state index in [0.717, 1.165) is 37.2 Å². The summed E-state index contributed by atoms with van der Waals surface area (Å²) in [5.74, 6) is 0.304. The Morgan fingerprint density at radius 1 is 1.15 bits per heavy atom. The first kappa shape index (κ1) is 13.3. The van der Waals surface area contributed by atoms with Gasteiger partial charge in [0.1, 0.15) is 0 Å². The molecule has 0 radical (unpaired) electrons. The van der Waals surface area contributed by atoms with Crippen molar-refractivity contribution in [2.24, 2.45) is 0 Å². The van der Waals surface area contributed by atoms with Crippen LogP contribution in [-0.4, -0.2) is 36.1 Å². The molecule has 0 aromatic carbocycles. The van der Waals surface area contributed by atoms with Crippen LogP contribution in [0, 0.1) is 0 Å². The molecular weight excluding hydrogens is 256 g/mol. The van der Waals surface area contributed by atoms with E-state index in [1.54, 1.807) is 0 Å². The Bertz CT molecular complexity index is 510. The third kappa shape index (κ3) is 2.47. The highest BCUT2D eigenvalue weighted by Crippen LogP contribution is 2.23. The average molecular weight is 276 g/mol. The van der Waals surface area contributed by atoms with Crippen molar-refractivity contribution < 1.29 is 9.53 Å². The molecule has 1 aromatic heterocycles. The lowest BCUT2D eigenvalue weighted by Gasteiger charge is -2.21. The van der Waals surface area contributed by atoms with Crippen molar-refractivity contribution in [2.75, 3.05) is 25.1 Å². The molecule has 2 aliphatic rings. The van der Waals surface area contributed by atoms with Gasteiger partial charge >= 0.3 is 5.97 Å². The Balaban J connectivity index is 1.97. The number of ether oxygens (including phenoxy) is 1. The second-order valence-corrected chi connectivity index (χ2v) is 5.29. The van der Waals surface area contributed by atoms with Crippen LogP contribution < -0.4 is 10.2 Å². The molecule has 0 spiro atoms. The summed E-state index contributed by atoms with van der Waals surface area (Å²) in [4.78, 5) is 23.2. The van der Waals surface area contributed by atoms with Gasteiger partial charge in [-0.05, 0) is 12.8 Å². The van der Waals surface area contributed by atoms with Gasteiger partial charge in [0.2, 0.25) is 5.95 Å². The number of rotatable bonds is 2. The Kier molecular flexibility index (Phi) is 3.82. The summed E-state index contributed by atoms with van der Waals surface area (Å²) in [5, 5.41) is 3.22. The highest BCUT2D eigenvalue weighted by molar-refractivity contribution is 5.89. The van der Waals surface area contributed by atoms with Gasteiger partial charge in [0.05, 0.1) is 12.8 Å². The van der Waals surface area contributed by atoms with Crippen molar-refractivity contribution in [1.82, 2.24) is 15.3 Å². The molecule has 1 fully saturated rings. The van der Waals surface area contributed by atoms with E-state index in [4.69, 9.17) is 4.74 Å². The SMILES string of the molecule is COC(=O)c1nc(N2CCCCCC2)nc2c1CNC2. The van der Waals surface area contributed by atoms with E-state index in [-0.39, 0.29) is 5.97 Å². The van der Waals surface area contributed by atoms with Crippen LogP contribution in [0.5, 0.6) is 0 Å². The van der Waals surface area contributed by atoms with Crippen LogP contribution in [-0.2, 0) is 17.8 Å². The van der Waals surface area contributed by atoms with Crippen molar-refractivity contribution in [3.63, 3.8) is 0 Å². The van der Waals surface area contributed by atoms with Gasteiger partial charge in [-0.3, -0.25) is 0 Å². The number of anilines is 1. The van der Waals surface area contributed by atoms with Crippen molar-refractivity contribution in [1.29, 1.82) is 0 Å². The molecular formula is C14H20N4O2. The molecule has 3 rings (SSSR count). The number of carbonyl (C=O) groups is 1. The number of esters is 1. The predicted octanol–water partition coefficient (Wildman–Crippen LogP) is 1.25. The molecule has 0 amide bonds. The van der Waals surface area contributed by atoms with Gasteiger partial charge in [-0.15, -0.1) is 0 Å². The van der Waals surface area contributed by atoms with E-state index >= 15 is 0 Å². The molecule has 0 atom stereocenters. The van der Waals surface area contributed by atoms with Crippen LogP contribution >= 0.6 is 0 Å². The highest BCUT2D eigenvalue weighted by atomic mass is 16.5. The number of fused-ring (bicyclic) bond motifs is 1. The summed E-state index contributed by atoms with van der Waals surface area (Å²) in [6, 6.07) is 0. The highest BCUT2D eigenvalue weighted by Gasteiger charge is 2.25. The van der Waals surface area contributed by atoms with E-state index in [9.17, 15) is 4.79 Å². The quantitative estimate of drug-likeness (QED) is 0.820. The van der Waals surface area contributed by atoms with Crippen molar-refractivity contribution in [2.45, 2.75) is 38.8 Å². The number of hydrogen-bond acceptors (Lipinski definition) is 6. The molecule has 20 heavy (non-hydrogen) atoms. The summed E-state index contributed by atoms with van der Waals surface area (Å²) in [6.07, 6.45) is 4.83. The van der Waals surface area contributed by atoms with E-state index in [1.165, 1.54) is 20.0 Å². The van der Waals surface area contributed by atoms with Gasteiger partial charge < -0.3 is 15.0 Å². The number of nitrogens with one attached hydrogen (secondary N) is 1. The maximum Gasteiger partial charge on any atom is 0.357 e. The molecule has 0 bridgehead atoms. The van der Waals surface area contributed by atoms with Gasteiger partial charge in [0.25, 0.3) is 0 Å². The van der Waals surface area contributed by atoms with Crippen LogP contribution in [0.1, 0.15) is 47.4 Å². The third-order valence-electron chi connectivity index (χ3n) is 3.94. The molecule has 2 aliphatic heterocycles. The zero-order valence-corrected chi connectivity index (χ0v) is 11.8. The minimum absolute atomic E-state index is 0.372. The molecule has 1 aromatic rings. The topological polar surface area (TPSA) is 67.3 Å². The normalized spacial score (nSPS) is 18.6. The molecule has 0 aliphatic carbocycles. The molecule has 108 valence electrons. The fraction of sp³-hybridized carbons (Fsp3) is 0.643. The summed E-state index contributed by atoms with van der Waals surface area (Å²) in [5.41, 5.74) is 2.23. The van der Waals surface area contributed by atoms with Crippen molar-refractivity contribution >= 4 is 11.9 Å². The zero-order chi connectivity index (χ0) is 13.9. The van der Waals surface area contributed by atoms with Crippen molar-refractivity contribution in [3.05, 3.63) is 17.0 Å². The predicted molar refractivity (Wildman–Crippen MR) is 74.6 cm³/mol. The fourth-order valence-corrected chi connectivity index (χ4v) is 2.83. The van der Waals surface area contributed by atoms with Gasteiger partial charge in [-0.25, -0.2) is 14.8 Å². The maximum atomic E-state index is 11.9. The van der Waals surface area contributed by atoms with Crippen LogP contribution in [0.25, 0.3) is 0 Å². The monoisotopic (exact) mass is 276 g/mol. The van der Waals surface area contributed by atoms with Crippen LogP contribution in [0.15, 0.2) is 0 Å². The Morgan fingerprint density at radius 2 is 1.90 bits per heavy atom. The van der Waals surface area contributed by atoms with Crippen molar-refractivity contribution in [3.8, 4) is 0 Å². The molecule has 1 N–H and O–H groups in total. The summed E-state index contributed by atoms with van der Waals surface area (Å²) in [6.45, 7) is 3.27.